The van der Waals surface area contributed by atoms with Gasteiger partial charge in [0.2, 0.25) is 0 Å². The number of nitrogens with zero attached hydrogens (tertiary/aromatic N) is 1. The highest BCUT2D eigenvalue weighted by molar-refractivity contribution is 6.36. The fraction of sp³-hybridized carbons (Fsp3) is 0.0714. The van der Waals surface area contributed by atoms with Gasteiger partial charge in [-0.25, -0.2) is 0 Å². The Balaban J connectivity index is 2.31. The fourth-order valence-corrected chi connectivity index (χ4v) is 2.41. The van der Waals surface area contributed by atoms with E-state index in [0.717, 1.165) is 5.69 Å². The van der Waals surface area contributed by atoms with E-state index in [1.54, 1.807) is 42.5 Å². The summed E-state index contributed by atoms with van der Waals surface area (Å²) in [5, 5.41) is 13.9. The molecule has 19 heavy (non-hydrogen) atoms. The van der Waals surface area contributed by atoms with Crippen molar-refractivity contribution in [2.75, 3.05) is 5.32 Å². The normalized spacial score (nSPS) is 11.7. The van der Waals surface area contributed by atoms with Crippen LogP contribution in [0.15, 0.2) is 42.5 Å². The Morgan fingerprint density at radius 1 is 0.947 bits per heavy atom. The predicted molar refractivity (Wildman–Crippen MR) is 79.9 cm³/mol. The number of nitriles is 1. The molecule has 0 fully saturated rings. The van der Waals surface area contributed by atoms with Crippen molar-refractivity contribution in [3.05, 3.63) is 63.1 Å². The Morgan fingerprint density at radius 2 is 1.53 bits per heavy atom. The predicted octanol–water partition coefficient (Wildman–Crippen LogP) is 5.32. The molecule has 0 amide bonds. The molecule has 2 rings (SSSR count). The minimum absolute atomic E-state index is 0.459. The molecule has 0 saturated heterocycles. The second kappa shape index (κ2) is 6.16. The molecule has 1 N–H and O–H groups in total. The van der Waals surface area contributed by atoms with Crippen molar-refractivity contribution >= 4 is 40.5 Å². The second-order valence-corrected chi connectivity index (χ2v) is 5.10. The van der Waals surface area contributed by atoms with Crippen LogP contribution in [-0.4, -0.2) is 0 Å². The molecule has 2 aromatic carbocycles. The molecule has 0 radical (unpaired) electrons. The summed E-state index contributed by atoms with van der Waals surface area (Å²) >= 11 is 18.0. The topological polar surface area (TPSA) is 35.8 Å². The molecule has 0 aliphatic heterocycles. The summed E-state index contributed by atoms with van der Waals surface area (Å²) in [7, 11) is 0. The van der Waals surface area contributed by atoms with Gasteiger partial charge in [0.25, 0.3) is 0 Å². The van der Waals surface area contributed by atoms with Gasteiger partial charge in [-0.1, -0.05) is 40.9 Å². The maximum absolute atomic E-state index is 9.29. The molecule has 0 saturated carbocycles. The van der Waals surface area contributed by atoms with Gasteiger partial charge in [0.1, 0.15) is 6.04 Å². The zero-order chi connectivity index (χ0) is 13.8. The Morgan fingerprint density at radius 3 is 2.05 bits per heavy atom. The third-order valence-electron chi connectivity index (χ3n) is 2.57. The van der Waals surface area contributed by atoms with Gasteiger partial charge >= 0.3 is 0 Å². The molecule has 0 aliphatic rings. The second-order valence-electron chi connectivity index (χ2n) is 3.85. The van der Waals surface area contributed by atoms with Crippen LogP contribution in [0.3, 0.4) is 0 Å². The third-order valence-corrected chi connectivity index (χ3v) is 3.48. The summed E-state index contributed by atoms with van der Waals surface area (Å²) < 4.78 is 0. The van der Waals surface area contributed by atoms with Crippen LogP contribution in [0, 0.1) is 11.3 Å². The zero-order valence-electron chi connectivity index (χ0n) is 9.70. The van der Waals surface area contributed by atoms with E-state index in [4.69, 9.17) is 34.8 Å². The van der Waals surface area contributed by atoms with E-state index in [-0.39, 0.29) is 0 Å². The van der Waals surface area contributed by atoms with Gasteiger partial charge < -0.3 is 5.32 Å². The number of halogens is 3. The van der Waals surface area contributed by atoms with E-state index in [0.29, 0.717) is 20.6 Å². The van der Waals surface area contributed by atoms with Crippen molar-refractivity contribution in [1.29, 1.82) is 5.26 Å². The Bertz CT molecular complexity index is 597. The zero-order valence-corrected chi connectivity index (χ0v) is 12.0. The molecule has 96 valence electrons. The number of anilines is 1. The number of rotatable bonds is 3. The van der Waals surface area contributed by atoms with Crippen molar-refractivity contribution in [3.63, 3.8) is 0 Å². The summed E-state index contributed by atoms with van der Waals surface area (Å²) in [4.78, 5) is 0. The van der Waals surface area contributed by atoms with Crippen molar-refractivity contribution in [2.24, 2.45) is 0 Å². The smallest absolute Gasteiger partial charge is 0.143 e. The highest BCUT2D eigenvalue weighted by atomic mass is 35.5. The lowest BCUT2D eigenvalue weighted by Gasteiger charge is -2.16. The first-order valence-corrected chi connectivity index (χ1v) is 6.61. The number of benzene rings is 2. The molecule has 2 aromatic rings. The summed E-state index contributed by atoms with van der Waals surface area (Å²) in [6, 6.07) is 13.7. The Hall–Kier alpha value is -1.40. The van der Waals surface area contributed by atoms with E-state index < -0.39 is 6.04 Å². The fourth-order valence-electron chi connectivity index (χ4n) is 1.67. The number of hydrogen-bond acceptors (Lipinski definition) is 2. The molecule has 0 heterocycles. The largest absolute Gasteiger partial charge is 0.366 e. The van der Waals surface area contributed by atoms with Crippen LogP contribution in [-0.2, 0) is 0 Å². The SMILES string of the molecule is N#C[C@@H](Nc1ccc(Cl)cc1)c1c(Cl)cccc1Cl. The molecule has 0 unspecified atom stereocenters. The Labute approximate surface area is 126 Å². The number of hydrogen-bond donors (Lipinski definition) is 1. The molecule has 0 aliphatic carbocycles. The molecule has 5 heteroatoms. The minimum Gasteiger partial charge on any atom is -0.366 e. The van der Waals surface area contributed by atoms with Crippen molar-refractivity contribution < 1.29 is 0 Å². The summed E-state index contributed by atoms with van der Waals surface area (Å²) in [6.45, 7) is 0. The maximum atomic E-state index is 9.29. The lowest BCUT2D eigenvalue weighted by Crippen LogP contribution is -2.09. The highest BCUT2D eigenvalue weighted by Crippen LogP contribution is 2.32. The number of nitrogens with one attached hydrogen (secondary N) is 1. The van der Waals surface area contributed by atoms with Crippen LogP contribution in [0.2, 0.25) is 15.1 Å². The minimum atomic E-state index is -0.623. The first-order valence-electron chi connectivity index (χ1n) is 5.47. The van der Waals surface area contributed by atoms with E-state index >= 15 is 0 Å². The van der Waals surface area contributed by atoms with Gasteiger partial charge in [0, 0.05) is 26.3 Å². The monoisotopic (exact) mass is 310 g/mol. The van der Waals surface area contributed by atoms with Crippen molar-refractivity contribution in [3.8, 4) is 6.07 Å². The Kier molecular flexibility index (Phi) is 4.55. The van der Waals surface area contributed by atoms with Gasteiger partial charge in [-0.15, -0.1) is 0 Å². The summed E-state index contributed by atoms with van der Waals surface area (Å²) in [5.41, 5.74) is 1.34. The van der Waals surface area contributed by atoms with Crippen LogP contribution in [0.1, 0.15) is 11.6 Å². The standard InChI is InChI=1S/C14H9Cl3N2/c15-9-4-6-10(7-5-9)19-13(8-18)14-11(16)2-1-3-12(14)17/h1-7,13,19H/t13-/m1/s1. The van der Waals surface area contributed by atoms with Gasteiger partial charge in [-0.3, -0.25) is 0 Å². The van der Waals surface area contributed by atoms with Crippen molar-refractivity contribution in [2.45, 2.75) is 6.04 Å². The molecular weight excluding hydrogens is 303 g/mol. The quantitative estimate of drug-likeness (QED) is 0.832. The molecule has 1 atom stereocenters. The van der Waals surface area contributed by atoms with E-state index in [9.17, 15) is 5.26 Å². The molecular formula is C14H9Cl3N2. The highest BCUT2D eigenvalue weighted by Gasteiger charge is 2.17. The molecule has 0 spiro atoms. The molecule has 0 bridgehead atoms. The average Bonchev–Trinajstić information content (AvgIpc) is 2.39. The van der Waals surface area contributed by atoms with Crippen LogP contribution in [0.5, 0.6) is 0 Å². The van der Waals surface area contributed by atoms with Crippen LogP contribution < -0.4 is 5.32 Å². The van der Waals surface area contributed by atoms with Gasteiger partial charge in [-0.2, -0.15) is 5.26 Å². The lowest BCUT2D eigenvalue weighted by molar-refractivity contribution is 0.998. The van der Waals surface area contributed by atoms with E-state index in [2.05, 4.69) is 11.4 Å². The first-order chi connectivity index (χ1) is 9.11. The third kappa shape index (κ3) is 3.33. The van der Waals surface area contributed by atoms with Crippen LogP contribution in [0.25, 0.3) is 0 Å². The summed E-state index contributed by atoms with van der Waals surface area (Å²) in [6.07, 6.45) is 0. The van der Waals surface area contributed by atoms with Gasteiger partial charge in [0.15, 0.2) is 0 Å². The van der Waals surface area contributed by atoms with Crippen LogP contribution >= 0.6 is 34.8 Å². The lowest BCUT2D eigenvalue weighted by atomic mass is 10.1. The van der Waals surface area contributed by atoms with Crippen molar-refractivity contribution in [1.82, 2.24) is 0 Å². The average molecular weight is 312 g/mol. The van der Waals surface area contributed by atoms with Gasteiger partial charge in [0.05, 0.1) is 6.07 Å². The molecule has 2 nitrogen and oxygen atoms in total. The van der Waals surface area contributed by atoms with Gasteiger partial charge in [-0.05, 0) is 36.4 Å². The first kappa shape index (κ1) is 14.0. The molecule has 0 aromatic heterocycles. The van der Waals surface area contributed by atoms with Crippen LogP contribution in [0.4, 0.5) is 5.69 Å². The van der Waals surface area contributed by atoms with E-state index in [1.165, 1.54) is 0 Å². The summed E-state index contributed by atoms with van der Waals surface area (Å²) in [5.74, 6) is 0. The maximum Gasteiger partial charge on any atom is 0.143 e. The van der Waals surface area contributed by atoms with E-state index in [1.807, 2.05) is 0 Å².